The van der Waals surface area contributed by atoms with Gasteiger partial charge >= 0.3 is 0 Å². The Bertz CT molecular complexity index is 2070. The number of para-hydroxylation sites is 1. The average Bonchev–Trinajstić information content (AvgIpc) is 3.86. The van der Waals surface area contributed by atoms with Crippen LogP contribution in [0.5, 0.6) is 5.75 Å². The highest BCUT2D eigenvalue weighted by atomic mass is 28.3. The van der Waals surface area contributed by atoms with E-state index in [0.717, 1.165) is 53.9 Å². The van der Waals surface area contributed by atoms with Gasteiger partial charge < -0.3 is 24.4 Å². The number of rotatable bonds is 12. The van der Waals surface area contributed by atoms with Crippen LogP contribution in [0.4, 0.5) is 17.1 Å². The number of nitrogens with zero attached hydrogens (tertiary/aromatic N) is 3. The average molecular weight is 790 g/mol. The van der Waals surface area contributed by atoms with Crippen molar-refractivity contribution >= 4 is 48.0 Å². The number of allylic oxidation sites excluding steroid dienone is 3. The summed E-state index contributed by atoms with van der Waals surface area (Å²) in [5, 5.41) is 11.4. The molecular weight excluding hydrogens is 731 g/mol. The number of aryl methyl sites for hydroxylation is 1. The zero-order valence-corrected chi connectivity index (χ0v) is 35.7. The number of aliphatic hydroxyl groups excluding tert-OH is 1. The number of anilines is 3. The largest absolute Gasteiger partial charge is 0.497 e. The molecule has 2 fully saturated rings. The molecule has 3 aromatic carbocycles. The Morgan fingerprint density at radius 3 is 2.47 bits per heavy atom. The van der Waals surface area contributed by atoms with Crippen molar-refractivity contribution in [1.29, 1.82) is 0 Å². The summed E-state index contributed by atoms with van der Waals surface area (Å²) in [6, 6.07) is 22.0. The Kier molecular flexibility index (Phi) is 11.7. The minimum atomic E-state index is -2.52. The second-order valence-corrected chi connectivity index (χ2v) is 22.0. The monoisotopic (exact) mass is 789 g/mol. The third-order valence-electron chi connectivity index (χ3n) is 13.2. The van der Waals surface area contributed by atoms with Crippen molar-refractivity contribution in [2.75, 3.05) is 36.6 Å². The molecule has 0 saturated carbocycles. The van der Waals surface area contributed by atoms with Crippen LogP contribution in [0.1, 0.15) is 77.3 Å². The molecule has 4 aliphatic rings. The predicted molar refractivity (Wildman–Crippen MR) is 229 cm³/mol. The van der Waals surface area contributed by atoms with E-state index in [1.54, 1.807) is 12.0 Å². The van der Waals surface area contributed by atoms with Crippen LogP contribution in [0, 0.1) is 5.92 Å². The van der Waals surface area contributed by atoms with Gasteiger partial charge in [0.25, 0.3) is 5.91 Å². The van der Waals surface area contributed by atoms with E-state index in [1.165, 1.54) is 16.3 Å². The van der Waals surface area contributed by atoms with Crippen LogP contribution in [0.25, 0.3) is 0 Å². The summed E-state index contributed by atoms with van der Waals surface area (Å²) in [5.41, 5.74) is 5.16. The second kappa shape index (κ2) is 16.4. The van der Waals surface area contributed by atoms with Crippen molar-refractivity contribution in [2.45, 2.75) is 109 Å². The molecule has 7 rings (SSSR count). The van der Waals surface area contributed by atoms with Gasteiger partial charge in [0.1, 0.15) is 5.75 Å². The predicted octanol–water partition coefficient (Wildman–Crippen LogP) is 7.93. The van der Waals surface area contributed by atoms with Crippen molar-refractivity contribution in [3.63, 3.8) is 0 Å². The van der Waals surface area contributed by atoms with Gasteiger partial charge in [0.05, 0.1) is 51.7 Å². The minimum Gasteiger partial charge on any atom is -0.497 e. The quantitative estimate of drug-likeness (QED) is 0.148. The Balaban J connectivity index is 1.35. The molecular formula is C47H59N3O6Si. The number of hydrogen-bond acceptors (Lipinski definition) is 6. The Hall–Kier alpha value is -4.51. The van der Waals surface area contributed by atoms with E-state index in [9.17, 15) is 14.7 Å². The van der Waals surface area contributed by atoms with Crippen molar-refractivity contribution in [1.82, 2.24) is 4.90 Å². The lowest BCUT2D eigenvalue weighted by atomic mass is 9.82. The first-order valence-electron chi connectivity index (χ1n) is 20.7. The standard InChI is InChI=1S/C47H59N3O6Si/c1-31(2)12-10-13-32(3)25-27-49-41-23-18-35(50-40-16-9-8-14-34(40)17-24-43(50)52)28-39(41)47(46(49)54)33(4)45(57(6,7)38-21-19-37(55-5)20-22-38)42(56-47)29-44(53)48-26-11-15-36(48)30-51/h8-9,12,14,16,18-23,25,28,33,36,42,45,51H,10-11,13,15,17,24,26-27,29-30H2,1-7H3/b32-25+/t33-,36+,42+,45-,47+/m1/s1. The first-order valence-corrected chi connectivity index (χ1v) is 23.8. The van der Waals surface area contributed by atoms with Crippen molar-refractivity contribution < 1.29 is 29.0 Å². The topological polar surface area (TPSA) is 99.6 Å². The van der Waals surface area contributed by atoms with E-state index in [-0.39, 0.29) is 48.3 Å². The lowest BCUT2D eigenvalue weighted by molar-refractivity contribution is -0.149. The van der Waals surface area contributed by atoms with Crippen LogP contribution < -0.4 is 19.7 Å². The molecule has 302 valence electrons. The lowest BCUT2D eigenvalue weighted by Gasteiger charge is -2.37. The number of amides is 3. The lowest BCUT2D eigenvalue weighted by Crippen LogP contribution is -2.52. The van der Waals surface area contributed by atoms with Crippen LogP contribution >= 0.6 is 0 Å². The van der Waals surface area contributed by atoms with Gasteiger partial charge in [-0.15, -0.1) is 0 Å². The molecule has 4 heterocycles. The number of likely N-dealkylation sites (tertiary alicyclic amines) is 1. The highest BCUT2D eigenvalue weighted by Crippen LogP contribution is 2.60. The summed E-state index contributed by atoms with van der Waals surface area (Å²) in [4.78, 5) is 49.0. The molecule has 10 heteroatoms. The van der Waals surface area contributed by atoms with Crippen molar-refractivity contribution in [2.24, 2.45) is 5.92 Å². The van der Waals surface area contributed by atoms with Crippen LogP contribution in [-0.2, 0) is 31.1 Å². The maximum Gasteiger partial charge on any atom is 0.264 e. The van der Waals surface area contributed by atoms with E-state index in [1.807, 2.05) is 58.3 Å². The Morgan fingerprint density at radius 1 is 1.00 bits per heavy atom. The van der Waals surface area contributed by atoms with Crippen LogP contribution in [0.3, 0.4) is 0 Å². The van der Waals surface area contributed by atoms with Crippen LogP contribution in [0.15, 0.2) is 90.0 Å². The third-order valence-corrected chi connectivity index (χ3v) is 17.5. The summed E-state index contributed by atoms with van der Waals surface area (Å²) < 4.78 is 12.9. The molecule has 1 N–H and O–H groups in total. The summed E-state index contributed by atoms with van der Waals surface area (Å²) in [6.45, 7) is 14.0. The molecule has 2 saturated heterocycles. The third kappa shape index (κ3) is 7.41. The number of carbonyl (C=O) groups excluding carboxylic acids is 3. The highest BCUT2D eigenvalue weighted by molar-refractivity contribution is 6.91. The van der Waals surface area contributed by atoms with E-state index in [0.29, 0.717) is 31.6 Å². The number of fused-ring (bicyclic) bond motifs is 3. The van der Waals surface area contributed by atoms with Gasteiger partial charge in [-0.3, -0.25) is 19.3 Å². The van der Waals surface area contributed by atoms with Crippen molar-refractivity contribution in [3.8, 4) is 5.75 Å². The van der Waals surface area contributed by atoms with Gasteiger partial charge in [0, 0.05) is 36.7 Å². The Labute approximate surface area is 339 Å². The highest BCUT2D eigenvalue weighted by Gasteiger charge is 2.66. The number of methoxy groups -OCH3 is 1. The molecule has 1 spiro atoms. The molecule has 3 amide bonds. The summed E-state index contributed by atoms with van der Waals surface area (Å²) in [7, 11) is -0.865. The maximum absolute atomic E-state index is 15.5. The first kappa shape index (κ1) is 40.7. The molecule has 9 nitrogen and oxygen atoms in total. The molecule has 5 atom stereocenters. The van der Waals surface area contributed by atoms with Gasteiger partial charge in [0.15, 0.2) is 5.60 Å². The molecule has 0 aromatic heterocycles. The van der Waals surface area contributed by atoms with Crippen LogP contribution in [-0.4, -0.2) is 74.8 Å². The Morgan fingerprint density at radius 2 is 1.75 bits per heavy atom. The fourth-order valence-corrected chi connectivity index (χ4v) is 14.1. The van der Waals surface area contributed by atoms with Gasteiger partial charge in [-0.2, -0.15) is 0 Å². The molecule has 4 aliphatic heterocycles. The SMILES string of the molecule is COc1ccc([Si](C)(C)[C@H]2[C@H](CC(=O)N3CCC[C@H]3CO)O[C@@]3(C(=O)N(C/C=C(\C)CCC=C(C)C)c4ccc(N5C(=O)CCc6ccccc65)cc43)[C@@H]2C)cc1. The van der Waals surface area contributed by atoms with Gasteiger partial charge in [0.2, 0.25) is 11.8 Å². The molecule has 0 aliphatic carbocycles. The fourth-order valence-electron chi connectivity index (χ4n) is 10.1. The molecule has 0 bridgehead atoms. The number of hydrogen-bond donors (Lipinski definition) is 1. The smallest absolute Gasteiger partial charge is 0.264 e. The normalized spacial score (nSPS) is 24.6. The molecule has 0 unspecified atom stereocenters. The van der Waals surface area contributed by atoms with Gasteiger partial charge in [-0.05, 0) is 100 Å². The second-order valence-electron chi connectivity index (χ2n) is 17.3. The number of aliphatic hydroxyl groups is 1. The van der Waals surface area contributed by atoms with Crippen molar-refractivity contribution in [3.05, 3.63) is 101 Å². The first-order chi connectivity index (χ1) is 27.3. The maximum atomic E-state index is 15.5. The van der Waals surface area contributed by atoms with E-state index in [2.05, 4.69) is 71.1 Å². The number of carbonyl (C=O) groups is 3. The zero-order chi connectivity index (χ0) is 40.6. The van der Waals surface area contributed by atoms with E-state index in [4.69, 9.17) is 9.47 Å². The minimum absolute atomic E-state index is 0.0117. The molecule has 0 radical (unpaired) electrons. The summed E-state index contributed by atoms with van der Waals surface area (Å²) in [5.74, 6) is 0.289. The molecule has 3 aromatic rings. The molecule has 57 heavy (non-hydrogen) atoms. The summed E-state index contributed by atoms with van der Waals surface area (Å²) in [6.07, 6.45) is 8.47. The van der Waals surface area contributed by atoms with Gasteiger partial charge in [-0.1, -0.05) is 78.8 Å². The summed E-state index contributed by atoms with van der Waals surface area (Å²) >= 11 is 0. The van der Waals surface area contributed by atoms with E-state index >= 15 is 4.79 Å². The fraction of sp³-hybridized carbons (Fsp3) is 0.468. The number of benzene rings is 3. The van der Waals surface area contributed by atoms with Gasteiger partial charge in [-0.25, -0.2) is 0 Å². The van der Waals surface area contributed by atoms with E-state index < -0.39 is 19.8 Å². The van der Waals surface area contributed by atoms with Crippen LogP contribution in [0.2, 0.25) is 18.6 Å². The number of ether oxygens (including phenoxy) is 2. The zero-order valence-electron chi connectivity index (χ0n) is 34.7.